The molecular formula is C14H18BrNO3. The molecule has 1 aromatic rings. The molecule has 0 aromatic heterocycles. The first-order valence-corrected chi connectivity index (χ1v) is 7.13. The lowest BCUT2D eigenvalue weighted by molar-refractivity contribution is 0.0357. The fourth-order valence-electron chi connectivity index (χ4n) is 2.45. The first kappa shape index (κ1) is 14.3. The van der Waals surface area contributed by atoms with Gasteiger partial charge in [0.15, 0.2) is 0 Å². The van der Waals surface area contributed by atoms with E-state index in [1.807, 2.05) is 6.92 Å². The van der Waals surface area contributed by atoms with Crippen molar-refractivity contribution in [1.29, 1.82) is 0 Å². The number of piperidine rings is 1. The monoisotopic (exact) mass is 327 g/mol. The van der Waals surface area contributed by atoms with Crippen molar-refractivity contribution in [2.45, 2.75) is 19.8 Å². The number of carbonyl (C=O) groups excluding carboxylic acids is 1. The predicted octanol–water partition coefficient (Wildman–Crippen LogP) is 2.39. The van der Waals surface area contributed by atoms with E-state index < -0.39 is 0 Å². The number of likely N-dealkylation sites (tertiary alicyclic amines) is 1. The average molecular weight is 328 g/mol. The molecule has 4 nitrogen and oxygen atoms in total. The standard InChI is InChI=1S/C14H18BrNO3/c1-14(9-17)5-2-6-16(8-14)13(19)10-3-4-11(15)12(18)7-10/h3-4,7,17-18H,2,5-6,8-9H2,1H3. The van der Waals surface area contributed by atoms with E-state index in [4.69, 9.17) is 0 Å². The molecule has 0 spiro atoms. The normalized spacial score (nSPS) is 23.4. The first-order chi connectivity index (χ1) is 8.95. The lowest BCUT2D eigenvalue weighted by atomic mass is 9.82. The molecule has 1 saturated heterocycles. The Kier molecular flexibility index (Phi) is 4.16. The second kappa shape index (κ2) is 5.51. The molecule has 1 aliphatic rings. The minimum Gasteiger partial charge on any atom is -0.507 e. The van der Waals surface area contributed by atoms with Crippen LogP contribution in [0.5, 0.6) is 5.75 Å². The summed E-state index contributed by atoms with van der Waals surface area (Å²) >= 11 is 3.20. The van der Waals surface area contributed by atoms with Gasteiger partial charge in [-0.2, -0.15) is 0 Å². The molecule has 0 saturated carbocycles. The summed E-state index contributed by atoms with van der Waals surface area (Å²) in [5, 5.41) is 19.1. The number of benzene rings is 1. The van der Waals surface area contributed by atoms with Crippen LogP contribution in [0.3, 0.4) is 0 Å². The first-order valence-electron chi connectivity index (χ1n) is 6.34. The molecule has 0 radical (unpaired) electrons. The van der Waals surface area contributed by atoms with Gasteiger partial charge in [-0.25, -0.2) is 0 Å². The number of halogens is 1. The molecule has 1 atom stereocenters. The third kappa shape index (κ3) is 3.09. The molecule has 1 aliphatic heterocycles. The number of hydrogen-bond acceptors (Lipinski definition) is 3. The van der Waals surface area contributed by atoms with Crippen LogP contribution in [0.15, 0.2) is 22.7 Å². The summed E-state index contributed by atoms with van der Waals surface area (Å²) in [5.74, 6) is -0.0324. The Morgan fingerprint density at radius 1 is 1.53 bits per heavy atom. The number of phenols is 1. The van der Waals surface area contributed by atoms with Gasteiger partial charge in [-0.3, -0.25) is 4.79 Å². The van der Waals surface area contributed by atoms with Crippen LogP contribution in [-0.2, 0) is 0 Å². The van der Waals surface area contributed by atoms with Gasteiger partial charge in [0.2, 0.25) is 0 Å². The van der Waals surface area contributed by atoms with Crippen LogP contribution >= 0.6 is 15.9 Å². The van der Waals surface area contributed by atoms with Crippen LogP contribution in [0.25, 0.3) is 0 Å². The van der Waals surface area contributed by atoms with Crippen LogP contribution in [0.1, 0.15) is 30.1 Å². The highest BCUT2D eigenvalue weighted by Gasteiger charge is 2.32. The van der Waals surface area contributed by atoms with E-state index in [-0.39, 0.29) is 23.7 Å². The summed E-state index contributed by atoms with van der Waals surface area (Å²) in [6, 6.07) is 4.83. The predicted molar refractivity (Wildman–Crippen MR) is 76.1 cm³/mol. The van der Waals surface area contributed by atoms with Crippen molar-refractivity contribution in [3.8, 4) is 5.75 Å². The lowest BCUT2D eigenvalue weighted by Crippen LogP contribution is -2.46. The van der Waals surface area contributed by atoms with Gasteiger partial charge >= 0.3 is 0 Å². The number of hydrogen-bond donors (Lipinski definition) is 2. The average Bonchev–Trinajstić information content (AvgIpc) is 2.41. The second-order valence-electron chi connectivity index (χ2n) is 5.47. The Labute approximate surface area is 121 Å². The zero-order valence-corrected chi connectivity index (χ0v) is 12.5. The fraction of sp³-hybridized carbons (Fsp3) is 0.500. The molecule has 104 valence electrons. The van der Waals surface area contributed by atoms with Crippen LogP contribution in [-0.4, -0.2) is 40.7 Å². The Morgan fingerprint density at radius 3 is 2.89 bits per heavy atom. The highest BCUT2D eigenvalue weighted by atomic mass is 79.9. The van der Waals surface area contributed by atoms with Gasteiger partial charge in [-0.1, -0.05) is 6.92 Å². The molecule has 19 heavy (non-hydrogen) atoms. The highest BCUT2D eigenvalue weighted by Crippen LogP contribution is 2.30. The molecule has 0 bridgehead atoms. The number of aromatic hydroxyl groups is 1. The van der Waals surface area contributed by atoms with Crippen LogP contribution < -0.4 is 0 Å². The van der Waals surface area contributed by atoms with Crippen molar-refractivity contribution in [3.05, 3.63) is 28.2 Å². The zero-order chi connectivity index (χ0) is 14.0. The molecule has 1 heterocycles. The van der Waals surface area contributed by atoms with Crippen molar-refractivity contribution in [1.82, 2.24) is 4.90 Å². The van der Waals surface area contributed by atoms with Crippen molar-refractivity contribution in [2.75, 3.05) is 19.7 Å². The minimum absolute atomic E-state index is 0.0628. The van der Waals surface area contributed by atoms with Gasteiger partial charge < -0.3 is 15.1 Å². The summed E-state index contributed by atoms with van der Waals surface area (Å²) in [5.41, 5.74) is 0.258. The number of phenolic OH excluding ortho intramolecular Hbond substituents is 1. The number of aliphatic hydroxyl groups is 1. The molecule has 2 N–H and O–H groups in total. The molecule has 1 aromatic carbocycles. The van der Waals surface area contributed by atoms with E-state index in [1.165, 1.54) is 6.07 Å². The topological polar surface area (TPSA) is 60.8 Å². The van der Waals surface area contributed by atoms with Gasteiger partial charge in [0, 0.05) is 24.1 Å². The third-order valence-electron chi connectivity index (χ3n) is 3.64. The Hall–Kier alpha value is -1.07. The number of carbonyl (C=O) groups is 1. The molecule has 2 rings (SSSR count). The highest BCUT2D eigenvalue weighted by molar-refractivity contribution is 9.10. The third-order valence-corrected chi connectivity index (χ3v) is 4.31. The summed E-state index contributed by atoms with van der Waals surface area (Å²) in [6.45, 7) is 3.33. The summed E-state index contributed by atoms with van der Waals surface area (Å²) in [6.07, 6.45) is 1.82. The van der Waals surface area contributed by atoms with E-state index in [1.54, 1.807) is 17.0 Å². The van der Waals surface area contributed by atoms with E-state index in [0.29, 0.717) is 23.1 Å². The van der Waals surface area contributed by atoms with Gasteiger partial charge in [-0.05, 0) is 47.0 Å². The largest absolute Gasteiger partial charge is 0.507 e. The van der Waals surface area contributed by atoms with Gasteiger partial charge in [-0.15, -0.1) is 0 Å². The lowest BCUT2D eigenvalue weighted by Gasteiger charge is -2.39. The molecule has 1 fully saturated rings. The van der Waals surface area contributed by atoms with Crippen molar-refractivity contribution < 1.29 is 15.0 Å². The Bertz CT molecular complexity index is 492. The SMILES string of the molecule is CC1(CO)CCCN(C(=O)c2ccc(Br)c(O)c2)C1. The Balaban J connectivity index is 2.17. The number of aliphatic hydroxyl groups excluding tert-OH is 1. The van der Waals surface area contributed by atoms with Crippen LogP contribution in [0.2, 0.25) is 0 Å². The van der Waals surface area contributed by atoms with Crippen molar-refractivity contribution in [2.24, 2.45) is 5.41 Å². The van der Waals surface area contributed by atoms with Crippen molar-refractivity contribution >= 4 is 21.8 Å². The van der Waals surface area contributed by atoms with Gasteiger partial charge in [0.25, 0.3) is 5.91 Å². The maximum absolute atomic E-state index is 12.4. The van der Waals surface area contributed by atoms with Crippen LogP contribution in [0, 0.1) is 5.41 Å². The summed E-state index contributed by atoms with van der Waals surface area (Å²) in [4.78, 5) is 14.1. The number of nitrogens with zero attached hydrogens (tertiary/aromatic N) is 1. The maximum atomic E-state index is 12.4. The smallest absolute Gasteiger partial charge is 0.254 e. The van der Waals surface area contributed by atoms with Gasteiger partial charge in [0.05, 0.1) is 11.1 Å². The molecule has 0 aliphatic carbocycles. The number of amides is 1. The van der Waals surface area contributed by atoms with Crippen LogP contribution in [0.4, 0.5) is 0 Å². The minimum atomic E-state index is -0.217. The van der Waals surface area contributed by atoms with E-state index >= 15 is 0 Å². The zero-order valence-electron chi connectivity index (χ0n) is 10.9. The molecule has 1 amide bonds. The molecular weight excluding hydrogens is 310 g/mol. The number of rotatable bonds is 2. The fourth-order valence-corrected chi connectivity index (χ4v) is 2.69. The summed E-state index contributed by atoms with van der Waals surface area (Å²) in [7, 11) is 0. The molecule has 5 heteroatoms. The quantitative estimate of drug-likeness (QED) is 0.876. The maximum Gasteiger partial charge on any atom is 0.254 e. The van der Waals surface area contributed by atoms with E-state index in [0.717, 1.165) is 12.8 Å². The van der Waals surface area contributed by atoms with Crippen molar-refractivity contribution in [3.63, 3.8) is 0 Å². The van der Waals surface area contributed by atoms with E-state index in [9.17, 15) is 15.0 Å². The second-order valence-corrected chi connectivity index (χ2v) is 6.32. The van der Waals surface area contributed by atoms with Gasteiger partial charge in [0.1, 0.15) is 5.75 Å². The summed E-state index contributed by atoms with van der Waals surface area (Å²) < 4.78 is 0.572. The van der Waals surface area contributed by atoms with E-state index in [2.05, 4.69) is 15.9 Å². The molecule has 1 unspecified atom stereocenters. The Morgan fingerprint density at radius 2 is 2.26 bits per heavy atom.